The first-order valence-electron chi connectivity index (χ1n) is 7.99. The van der Waals surface area contributed by atoms with Crippen LogP contribution in [0.5, 0.6) is 0 Å². The fraction of sp³-hybridized carbons (Fsp3) is 0.0556. The third-order valence-electron chi connectivity index (χ3n) is 3.65. The maximum absolute atomic E-state index is 12.1. The van der Waals surface area contributed by atoms with Crippen molar-refractivity contribution in [3.8, 4) is 0 Å². The summed E-state index contributed by atoms with van der Waals surface area (Å²) in [6.45, 7) is 1.49. The van der Waals surface area contributed by atoms with Crippen molar-refractivity contribution in [2.24, 2.45) is 0 Å². The molecule has 0 aliphatic heterocycles. The van der Waals surface area contributed by atoms with Gasteiger partial charge in [-0.05, 0) is 31.2 Å². The van der Waals surface area contributed by atoms with Gasteiger partial charge in [0.15, 0.2) is 17.4 Å². The number of carbonyl (C=O) groups is 2. The first-order valence-corrected chi connectivity index (χ1v) is 7.99. The molecule has 3 rings (SSSR count). The molecule has 0 saturated carbocycles. The van der Waals surface area contributed by atoms with Crippen LogP contribution in [0.3, 0.4) is 0 Å². The Bertz CT molecular complexity index is 976. The van der Waals surface area contributed by atoms with Crippen molar-refractivity contribution in [1.82, 2.24) is 20.4 Å². The standard InChI is InChI=1S/C18H17N7O2/c1-11(26)13-3-2-4-14(9-13)23-16-15(19)17(22-10-21-16)24-25-18(27)12-5-7-20-8-6-12/h2-10H,19H2,1H3,(H,25,27)(H2,21,22,23,24). The summed E-state index contributed by atoms with van der Waals surface area (Å²) in [5.74, 6) is 0.165. The summed E-state index contributed by atoms with van der Waals surface area (Å²) in [6.07, 6.45) is 4.34. The van der Waals surface area contributed by atoms with E-state index in [4.69, 9.17) is 5.73 Å². The second-order valence-corrected chi connectivity index (χ2v) is 5.56. The zero-order valence-electron chi connectivity index (χ0n) is 14.4. The topological polar surface area (TPSA) is 135 Å². The van der Waals surface area contributed by atoms with Crippen molar-refractivity contribution in [2.75, 3.05) is 16.5 Å². The Morgan fingerprint density at radius 3 is 2.48 bits per heavy atom. The third-order valence-corrected chi connectivity index (χ3v) is 3.65. The highest BCUT2D eigenvalue weighted by Gasteiger charge is 2.11. The van der Waals surface area contributed by atoms with Crippen LogP contribution in [0, 0.1) is 0 Å². The number of anilines is 4. The molecule has 2 heterocycles. The second kappa shape index (κ2) is 7.91. The molecule has 0 bridgehead atoms. The molecule has 0 saturated heterocycles. The molecule has 3 aromatic rings. The molecule has 2 aromatic heterocycles. The quantitative estimate of drug-likeness (QED) is 0.386. The van der Waals surface area contributed by atoms with Crippen LogP contribution < -0.4 is 21.9 Å². The summed E-state index contributed by atoms with van der Waals surface area (Å²) in [4.78, 5) is 35.6. The van der Waals surface area contributed by atoms with E-state index in [-0.39, 0.29) is 23.2 Å². The first kappa shape index (κ1) is 17.8. The molecule has 0 atom stereocenters. The van der Waals surface area contributed by atoms with Crippen molar-refractivity contribution in [1.29, 1.82) is 0 Å². The van der Waals surface area contributed by atoms with Crippen molar-refractivity contribution < 1.29 is 9.59 Å². The zero-order valence-corrected chi connectivity index (χ0v) is 14.4. The Morgan fingerprint density at radius 2 is 1.74 bits per heavy atom. The highest BCUT2D eigenvalue weighted by Crippen LogP contribution is 2.25. The lowest BCUT2D eigenvalue weighted by atomic mass is 10.1. The van der Waals surface area contributed by atoms with Crippen molar-refractivity contribution in [3.05, 3.63) is 66.2 Å². The number of aromatic nitrogens is 3. The summed E-state index contributed by atoms with van der Waals surface area (Å²) >= 11 is 0. The first-order chi connectivity index (χ1) is 13.0. The molecular weight excluding hydrogens is 346 g/mol. The van der Waals surface area contributed by atoms with E-state index in [0.29, 0.717) is 22.6 Å². The molecule has 0 radical (unpaired) electrons. The number of nitrogens with one attached hydrogen (secondary N) is 3. The smallest absolute Gasteiger partial charge is 0.269 e. The van der Waals surface area contributed by atoms with E-state index < -0.39 is 0 Å². The number of Topliss-reactive ketones (excluding diaryl/α,β-unsaturated/α-hetero) is 1. The number of pyridine rings is 1. The molecule has 9 nitrogen and oxygen atoms in total. The lowest BCUT2D eigenvalue weighted by molar-refractivity contribution is 0.0961. The third kappa shape index (κ3) is 4.34. The fourth-order valence-corrected chi connectivity index (χ4v) is 2.24. The number of hydrogen-bond acceptors (Lipinski definition) is 8. The van der Waals surface area contributed by atoms with Crippen LogP contribution in [0.25, 0.3) is 0 Å². The van der Waals surface area contributed by atoms with Crippen LogP contribution in [0.4, 0.5) is 23.0 Å². The van der Waals surface area contributed by atoms with Gasteiger partial charge in [0, 0.05) is 29.2 Å². The van der Waals surface area contributed by atoms with Gasteiger partial charge in [0.25, 0.3) is 5.91 Å². The van der Waals surface area contributed by atoms with E-state index >= 15 is 0 Å². The molecule has 1 aromatic carbocycles. The fourth-order valence-electron chi connectivity index (χ4n) is 2.24. The van der Waals surface area contributed by atoms with Gasteiger partial charge in [-0.2, -0.15) is 0 Å². The predicted octanol–water partition coefficient (Wildman–Crippen LogP) is 2.16. The highest BCUT2D eigenvalue weighted by molar-refractivity contribution is 5.96. The average molecular weight is 363 g/mol. The summed E-state index contributed by atoms with van der Waals surface area (Å²) in [5, 5.41) is 3.04. The van der Waals surface area contributed by atoms with Crippen molar-refractivity contribution in [2.45, 2.75) is 6.92 Å². The number of amides is 1. The van der Waals surface area contributed by atoms with E-state index in [0.717, 1.165) is 0 Å². The largest absolute Gasteiger partial charge is 0.393 e. The molecule has 136 valence electrons. The number of hydrazine groups is 1. The van der Waals surface area contributed by atoms with Gasteiger partial charge in [0.2, 0.25) is 0 Å². The van der Waals surface area contributed by atoms with Crippen LogP contribution in [0.2, 0.25) is 0 Å². The van der Waals surface area contributed by atoms with Crippen molar-refractivity contribution >= 4 is 34.7 Å². The molecule has 0 aliphatic carbocycles. The van der Waals surface area contributed by atoms with Crippen LogP contribution in [0.15, 0.2) is 55.1 Å². The second-order valence-electron chi connectivity index (χ2n) is 5.56. The maximum Gasteiger partial charge on any atom is 0.269 e. The molecule has 27 heavy (non-hydrogen) atoms. The van der Waals surface area contributed by atoms with Gasteiger partial charge >= 0.3 is 0 Å². The molecule has 0 spiro atoms. The van der Waals surface area contributed by atoms with E-state index in [9.17, 15) is 9.59 Å². The lowest BCUT2D eigenvalue weighted by Crippen LogP contribution is -2.30. The lowest BCUT2D eigenvalue weighted by Gasteiger charge is -2.13. The minimum Gasteiger partial charge on any atom is -0.393 e. The Balaban J connectivity index is 1.73. The monoisotopic (exact) mass is 363 g/mol. The molecule has 9 heteroatoms. The van der Waals surface area contributed by atoms with Crippen LogP contribution in [-0.2, 0) is 0 Å². The van der Waals surface area contributed by atoms with Gasteiger partial charge in [-0.25, -0.2) is 9.97 Å². The van der Waals surface area contributed by atoms with Gasteiger partial charge in [0.05, 0.1) is 0 Å². The minimum atomic E-state index is -0.362. The van der Waals surface area contributed by atoms with E-state index in [1.807, 2.05) is 0 Å². The summed E-state index contributed by atoms with van der Waals surface area (Å²) < 4.78 is 0. The number of ketones is 1. The number of nitrogens with zero attached hydrogens (tertiary/aromatic N) is 3. The molecule has 5 N–H and O–H groups in total. The van der Waals surface area contributed by atoms with Crippen molar-refractivity contribution in [3.63, 3.8) is 0 Å². The number of hydrogen-bond donors (Lipinski definition) is 4. The van der Waals surface area contributed by atoms with E-state index in [1.165, 1.54) is 25.6 Å². The normalized spacial score (nSPS) is 10.1. The maximum atomic E-state index is 12.1. The molecule has 0 unspecified atom stereocenters. The summed E-state index contributed by atoms with van der Waals surface area (Å²) in [6, 6.07) is 10.1. The molecule has 0 fully saturated rings. The van der Waals surface area contributed by atoms with Gasteiger partial charge in [-0.15, -0.1) is 0 Å². The van der Waals surface area contributed by atoms with Gasteiger partial charge in [0.1, 0.15) is 12.0 Å². The highest BCUT2D eigenvalue weighted by atomic mass is 16.2. The van der Waals surface area contributed by atoms with Gasteiger partial charge in [-0.1, -0.05) is 12.1 Å². The van der Waals surface area contributed by atoms with E-state index in [1.54, 1.807) is 36.4 Å². The Morgan fingerprint density at radius 1 is 1.00 bits per heavy atom. The van der Waals surface area contributed by atoms with E-state index in [2.05, 4.69) is 31.1 Å². The average Bonchev–Trinajstić information content (AvgIpc) is 2.69. The van der Waals surface area contributed by atoms with Crippen LogP contribution >= 0.6 is 0 Å². The molecular formula is C18H17N7O2. The Labute approximate surface area is 155 Å². The predicted molar refractivity (Wildman–Crippen MR) is 101 cm³/mol. The number of nitrogens with two attached hydrogens (primary N) is 1. The SMILES string of the molecule is CC(=O)c1cccc(Nc2ncnc(NNC(=O)c3ccncc3)c2N)c1. The van der Waals surface area contributed by atoms with Crippen LogP contribution in [-0.4, -0.2) is 26.6 Å². The van der Waals surface area contributed by atoms with Gasteiger partial charge < -0.3 is 11.1 Å². The minimum absolute atomic E-state index is 0.0458. The number of carbonyl (C=O) groups excluding carboxylic acids is 2. The Hall–Kier alpha value is -4.01. The van der Waals surface area contributed by atoms with Gasteiger partial charge in [-0.3, -0.25) is 25.4 Å². The Kier molecular flexibility index (Phi) is 5.22. The molecule has 0 aliphatic rings. The number of nitrogen functional groups attached to an aromatic ring is 1. The number of rotatable bonds is 6. The molecule has 1 amide bonds. The number of benzene rings is 1. The zero-order chi connectivity index (χ0) is 19.2. The summed E-state index contributed by atoms with van der Waals surface area (Å²) in [7, 11) is 0. The van der Waals surface area contributed by atoms with Crippen LogP contribution in [0.1, 0.15) is 27.6 Å². The summed E-state index contributed by atoms with van der Waals surface area (Å²) in [5.41, 5.74) is 13.1.